The van der Waals surface area contributed by atoms with Gasteiger partial charge in [-0.25, -0.2) is 0 Å². The fourth-order valence-corrected chi connectivity index (χ4v) is 3.84. The third-order valence-corrected chi connectivity index (χ3v) is 5.45. The molecule has 0 fully saturated rings. The van der Waals surface area contributed by atoms with Crippen LogP contribution in [0.3, 0.4) is 0 Å². The summed E-state index contributed by atoms with van der Waals surface area (Å²) in [5, 5.41) is 17.7. The van der Waals surface area contributed by atoms with Crippen molar-refractivity contribution in [3.8, 4) is 5.75 Å². The Morgan fingerprint density at radius 3 is 2.62 bits per heavy atom. The molecule has 0 saturated heterocycles. The maximum atomic E-state index is 12.6. The average molecular weight is 412 g/mol. The summed E-state index contributed by atoms with van der Waals surface area (Å²) in [6, 6.07) is 16.4. The Hall–Kier alpha value is -3.23. The van der Waals surface area contributed by atoms with Crippen LogP contribution in [-0.2, 0) is 4.79 Å². The first kappa shape index (κ1) is 20.5. The zero-order valence-corrected chi connectivity index (χ0v) is 16.9. The number of rotatable bonds is 8. The first-order chi connectivity index (χ1) is 14.0. The Labute approximate surface area is 172 Å². The summed E-state index contributed by atoms with van der Waals surface area (Å²) < 4.78 is 5.20. The number of aryl methyl sites for hydroxylation is 1. The number of nitrogens with one attached hydrogen (secondary N) is 1. The van der Waals surface area contributed by atoms with Crippen LogP contribution in [0.25, 0.3) is 0 Å². The third-order valence-electron chi connectivity index (χ3n) is 4.49. The molecular weight excluding hydrogens is 390 g/mol. The number of nitro benzene ring substituents is 1. The van der Waals surface area contributed by atoms with Crippen molar-refractivity contribution in [2.45, 2.75) is 13.0 Å². The summed E-state index contributed by atoms with van der Waals surface area (Å²) >= 11 is 1.64. The molecule has 150 valence electrons. The number of non-ortho nitro benzene ring substituents is 1. The molecule has 2 aromatic carbocycles. The van der Waals surface area contributed by atoms with Gasteiger partial charge in [-0.15, -0.1) is 11.3 Å². The quantitative estimate of drug-likeness (QED) is 0.438. The van der Waals surface area contributed by atoms with Gasteiger partial charge in [0.2, 0.25) is 0 Å². The Balaban J connectivity index is 1.73. The molecule has 3 aromatic rings. The normalized spacial score (nSPS) is 11.7. The molecule has 0 aliphatic carbocycles. The molecule has 0 aliphatic heterocycles. The zero-order valence-electron chi connectivity index (χ0n) is 16.1. The molecule has 0 spiro atoms. The fourth-order valence-electron chi connectivity index (χ4n) is 2.99. The van der Waals surface area contributed by atoms with Gasteiger partial charge in [-0.2, -0.15) is 0 Å². The van der Waals surface area contributed by atoms with Crippen molar-refractivity contribution < 1.29 is 19.8 Å². The maximum Gasteiger partial charge on any atom is 0.279 e. The number of anilines is 1. The van der Waals surface area contributed by atoms with Gasteiger partial charge in [0, 0.05) is 17.7 Å². The van der Waals surface area contributed by atoms with Gasteiger partial charge >= 0.3 is 0 Å². The van der Waals surface area contributed by atoms with Crippen LogP contribution in [0.1, 0.15) is 22.0 Å². The second-order valence-corrected chi connectivity index (χ2v) is 7.51. The van der Waals surface area contributed by atoms with Crippen LogP contribution in [0.2, 0.25) is 0 Å². The van der Waals surface area contributed by atoms with E-state index < -0.39 is 4.92 Å². The Bertz CT molecular complexity index is 988. The molecule has 0 saturated carbocycles. The van der Waals surface area contributed by atoms with E-state index in [1.807, 2.05) is 29.8 Å². The number of amides is 1. The lowest BCUT2D eigenvalue weighted by Crippen LogP contribution is -2.87. The van der Waals surface area contributed by atoms with Gasteiger partial charge in [0.05, 0.1) is 22.6 Å². The van der Waals surface area contributed by atoms with E-state index in [2.05, 4.69) is 29.6 Å². The number of methoxy groups -OCH3 is 1. The van der Waals surface area contributed by atoms with E-state index in [-0.39, 0.29) is 29.9 Å². The number of thiophene rings is 1. The summed E-state index contributed by atoms with van der Waals surface area (Å²) in [5.41, 5.74) is 2.46. The largest absolute Gasteiger partial charge is 0.495 e. The number of nitrogens with zero attached hydrogens (tertiary/aromatic N) is 1. The molecule has 3 rings (SSSR count). The Morgan fingerprint density at radius 2 is 2.00 bits per heavy atom. The van der Waals surface area contributed by atoms with E-state index in [4.69, 9.17) is 4.74 Å². The summed E-state index contributed by atoms with van der Waals surface area (Å²) in [6.07, 6.45) is 0. The number of ether oxygens (including phenoxy) is 1. The van der Waals surface area contributed by atoms with Crippen molar-refractivity contribution >= 4 is 28.6 Å². The number of hydrogen-bond acceptors (Lipinski definition) is 5. The molecule has 3 N–H and O–H groups in total. The van der Waals surface area contributed by atoms with E-state index >= 15 is 0 Å². The lowest BCUT2D eigenvalue weighted by Gasteiger charge is -2.15. The van der Waals surface area contributed by atoms with E-state index in [9.17, 15) is 14.9 Å². The predicted molar refractivity (Wildman–Crippen MR) is 112 cm³/mol. The molecule has 0 unspecified atom stereocenters. The van der Waals surface area contributed by atoms with Gasteiger partial charge in [-0.05, 0) is 24.4 Å². The standard InChI is InChI=1S/C21H21N3O4S/c1-14-5-7-15(8-6-14)21(19-4-3-11-29-19)22-13-20(25)23-17-12-16(24(26)27)9-10-18(17)28-2/h3-12,21-22H,13H2,1-2H3,(H,23,25)/p+1/t21-/m1/s1. The Morgan fingerprint density at radius 1 is 1.24 bits per heavy atom. The second kappa shape index (κ2) is 9.31. The number of benzene rings is 2. The molecule has 0 radical (unpaired) electrons. The molecule has 8 heteroatoms. The minimum Gasteiger partial charge on any atom is -0.495 e. The van der Waals surface area contributed by atoms with Gasteiger partial charge in [0.1, 0.15) is 11.8 Å². The van der Waals surface area contributed by atoms with Crippen LogP contribution in [0.5, 0.6) is 5.75 Å². The van der Waals surface area contributed by atoms with E-state index in [1.165, 1.54) is 30.9 Å². The smallest absolute Gasteiger partial charge is 0.279 e. The number of carbonyl (C=O) groups excluding carboxylic acids is 1. The van der Waals surface area contributed by atoms with Crippen molar-refractivity contribution in [1.82, 2.24) is 0 Å². The zero-order chi connectivity index (χ0) is 20.8. The van der Waals surface area contributed by atoms with Gasteiger partial charge in [0.15, 0.2) is 6.54 Å². The third kappa shape index (κ3) is 5.18. The summed E-state index contributed by atoms with van der Waals surface area (Å²) in [7, 11) is 1.45. The number of nitrogens with two attached hydrogens (primary N) is 1. The minimum atomic E-state index is -0.508. The molecule has 1 amide bonds. The monoisotopic (exact) mass is 412 g/mol. The Kier molecular flexibility index (Phi) is 6.58. The number of carbonyl (C=O) groups is 1. The van der Waals surface area contributed by atoms with Crippen molar-refractivity contribution in [2.75, 3.05) is 19.0 Å². The lowest BCUT2D eigenvalue weighted by molar-refractivity contribution is -0.675. The van der Waals surface area contributed by atoms with E-state index in [1.54, 1.807) is 11.3 Å². The summed E-state index contributed by atoms with van der Waals surface area (Å²) in [5.74, 6) is 0.106. The first-order valence-electron chi connectivity index (χ1n) is 9.03. The highest BCUT2D eigenvalue weighted by molar-refractivity contribution is 7.10. The van der Waals surface area contributed by atoms with Crippen molar-refractivity contribution in [1.29, 1.82) is 0 Å². The topological polar surface area (TPSA) is 98.1 Å². The summed E-state index contributed by atoms with van der Waals surface area (Å²) in [6.45, 7) is 2.19. The predicted octanol–water partition coefficient (Wildman–Crippen LogP) is 3.26. The van der Waals surface area contributed by atoms with Crippen LogP contribution >= 0.6 is 11.3 Å². The van der Waals surface area contributed by atoms with Crippen LogP contribution in [-0.4, -0.2) is 24.5 Å². The highest BCUT2D eigenvalue weighted by Gasteiger charge is 2.21. The fraction of sp³-hybridized carbons (Fsp3) is 0.190. The number of quaternary nitrogens is 1. The van der Waals surface area contributed by atoms with Gasteiger partial charge in [-0.3, -0.25) is 14.9 Å². The van der Waals surface area contributed by atoms with E-state index in [0.29, 0.717) is 5.75 Å². The van der Waals surface area contributed by atoms with Crippen molar-refractivity contribution in [3.05, 3.63) is 86.1 Å². The number of hydrogen-bond donors (Lipinski definition) is 2. The van der Waals surface area contributed by atoms with Crippen LogP contribution in [0.15, 0.2) is 60.0 Å². The van der Waals surface area contributed by atoms with Gasteiger partial charge in [0.25, 0.3) is 11.6 Å². The highest BCUT2D eigenvalue weighted by Crippen LogP contribution is 2.28. The first-order valence-corrected chi connectivity index (χ1v) is 9.91. The molecule has 0 bridgehead atoms. The molecule has 1 heterocycles. The average Bonchev–Trinajstić information content (AvgIpc) is 3.24. The maximum absolute atomic E-state index is 12.6. The van der Waals surface area contributed by atoms with E-state index in [0.717, 1.165) is 10.4 Å². The van der Waals surface area contributed by atoms with Gasteiger partial charge in [-0.1, -0.05) is 35.9 Å². The van der Waals surface area contributed by atoms with Crippen LogP contribution < -0.4 is 15.4 Å². The summed E-state index contributed by atoms with van der Waals surface area (Å²) in [4.78, 5) is 24.2. The molecule has 1 aromatic heterocycles. The molecule has 1 atom stereocenters. The SMILES string of the molecule is COc1ccc([N+](=O)[O-])cc1NC(=O)C[NH2+][C@H](c1ccc(C)cc1)c1cccs1. The second-order valence-electron chi connectivity index (χ2n) is 6.53. The van der Waals surface area contributed by atoms with Crippen molar-refractivity contribution in [3.63, 3.8) is 0 Å². The lowest BCUT2D eigenvalue weighted by atomic mass is 10.0. The molecule has 29 heavy (non-hydrogen) atoms. The highest BCUT2D eigenvalue weighted by atomic mass is 32.1. The van der Waals surface area contributed by atoms with Gasteiger partial charge < -0.3 is 15.4 Å². The van der Waals surface area contributed by atoms with Crippen LogP contribution in [0.4, 0.5) is 11.4 Å². The molecule has 0 aliphatic rings. The minimum absolute atomic E-state index is 0.00615. The number of nitro groups is 1. The molecular formula is C21H22N3O4S+. The molecule has 7 nitrogen and oxygen atoms in total. The van der Waals surface area contributed by atoms with Crippen molar-refractivity contribution in [2.24, 2.45) is 0 Å². The van der Waals surface area contributed by atoms with Crippen LogP contribution in [0, 0.1) is 17.0 Å².